The van der Waals surface area contributed by atoms with Crippen molar-refractivity contribution in [2.45, 2.75) is 24.7 Å². The van der Waals surface area contributed by atoms with E-state index in [2.05, 4.69) is 10.2 Å². The molecule has 3 heterocycles. The molecule has 2 aromatic rings. The molecule has 1 aliphatic heterocycles. The molecule has 0 radical (unpaired) electrons. The summed E-state index contributed by atoms with van der Waals surface area (Å²) in [5.74, 6) is 0.281. The molecule has 1 unspecified atom stereocenters. The van der Waals surface area contributed by atoms with Crippen LogP contribution in [0.5, 0.6) is 0 Å². The van der Waals surface area contributed by atoms with Crippen LogP contribution in [0.2, 0.25) is 0 Å². The van der Waals surface area contributed by atoms with Crippen LogP contribution in [0.1, 0.15) is 18.7 Å². The van der Waals surface area contributed by atoms with Crippen molar-refractivity contribution in [3.05, 3.63) is 23.4 Å². The summed E-state index contributed by atoms with van der Waals surface area (Å²) >= 11 is 1.47. The highest BCUT2D eigenvalue weighted by molar-refractivity contribution is 7.90. The largest absolute Gasteiger partial charge is 0.419 e. The molecule has 8 heteroatoms. The first-order valence-electron chi connectivity index (χ1n) is 6.31. The Bertz CT molecular complexity index is 657. The predicted octanol–water partition coefficient (Wildman–Crippen LogP) is 1.89. The van der Waals surface area contributed by atoms with Gasteiger partial charge in [-0.1, -0.05) is 6.07 Å². The molecule has 0 saturated carbocycles. The predicted molar refractivity (Wildman–Crippen MR) is 74.1 cm³/mol. The van der Waals surface area contributed by atoms with E-state index in [1.807, 2.05) is 17.5 Å². The molecule has 6 nitrogen and oxygen atoms in total. The van der Waals surface area contributed by atoms with Crippen LogP contribution in [0, 0.1) is 0 Å². The van der Waals surface area contributed by atoms with E-state index in [0.29, 0.717) is 12.5 Å². The minimum absolute atomic E-state index is 0.0176. The van der Waals surface area contributed by atoms with Crippen molar-refractivity contribution >= 4 is 21.2 Å². The number of sulfone groups is 1. The number of hydrogen-bond acceptors (Lipinski definition) is 7. The Morgan fingerprint density at radius 1 is 1.40 bits per heavy atom. The zero-order valence-corrected chi connectivity index (χ0v) is 12.3. The SMILES string of the molecule is O=S(=O)(Cc1nnc(-c2cccs2)o1)CC1CCCO1. The Kier molecular flexibility index (Phi) is 3.86. The highest BCUT2D eigenvalue weighted by Gasteiger charge is 2.25. The molecule has 3 rings (SSSR count). The van der Waals surface area contributed by atoms with Crippen molar-refractivity contribution in [1.82, 2.24) is 10.2 Å². The minimum atomic E-state index is -3.29. The second-order valence-electron chi connectivity index (χ2n) is 4.67. The molecule has 1 fully saturated rings. The van der Waals surface area contributed by atoms with E-state index in [-0.39, 0.29) is 23.5 Å². The topological polar surface area (TPSA) is 82.3 Å². The minimum Gasteiger partial charge on any atom is -0.419 e. The molecule has 20 heavy (non-hydrogen) atoms. The number of ether oxygens (including phenoxy) is 1. The first-order chi connectivity index (χ1) is 9.62. The first-order valence-corrected chi connectivity index (χ1v) is 9.01. The number of hydrogen-bond donors (Lipinski definition) is 0. The van der Waals surface area contributed by atoms with E-state index in [9.17, 15) is 8.42 Å². The Balaban J connectivity index is 1.68. The number of nitrogens with zero attached hydrogens (tertiary/aromatic N) is 2. The summed E-state index contributed by atoms with van der Waals surface area (Å²) in [4.78, 5) is 0.834. The average Bonchev–Trinajstić information content (AvgIpc) is 3.07. The summed E-state index contributed by atoms with van der Waals surface area (Å²) in [6.07, 6.45) is 1.52. The van der Waals surface area contributed by atoms with Crippen molar-refractivity contribution in [1.29, 1.82) is 0 Å². The van der Waals surface area contributed by atoms with Gasteiger partial charge >= 0.3 is 0 Å². The van der Waals surface area contributed by atoms with Crippen LogP contribution >= 0.6 is 11.3 Å². The molecule has 1 atom stereocenters. The van der Waals surface area contributed by atoms with Gasteiger partial charge in [0, 0.05) is 6.61 Å². The van der Waals surface area contributed by atoms with Crippen molar-refractivity contribution in [2.75, 3.05) is 12.4 Å². The lowest BCUT2D eigenvalue weighted by Crippen LogP contribution is -2.21. The fourth-order valence-corrected chi connectivity index (χ4v) is 4.20. The summed E-state index contributed by atoms with van der Waals surface area (Å²) in [5, 5.41) is 9.57. The van der Waals surface area contributed by atoms with Gasteiger partial charge in [0.2, 0.25) is 5.89 Å². The molecule has 0 aliphatic carbocycles. The Morgan fingerprint density at radius 2 is 2.30 bits per heavy atom. The van der Waals surface area contributed by atoms with Gasteiger partial charge in [-0.2, -0.15) is 0 Å². The maximum absolute atomic E-state index is 12.0. The fourth-order valence-electron chi connectivity index (χ4n) is 2.12. The van der Waals surface area contributed by atoms with Gasteiger partial charge in [0.05, 0.1) is 16.7 Å². The Labute approximate surface area is 120 Å². The van der Waals surface area contributed by atoms with Crippen LogP contribution in [0.15, 0.2) is 21.9 Å². The fraction of sp³-hybridized carbons (Fsp3) is 0.500. The molecule has 0 N–H and O–H groups in total. The van der Waals surface area contributed by atoms with E-state index in [4.69, 9.17) is 9.15 Å². The molecule has 0 bridgehead atoms. The van der Waals surface area contributed by atoms with Gasteiger partial charge in [-0.15, -0.1) is 21.5 Å². The lowest BCUT2D eigenvalue weighted by atomic mass is 10.3. The summed E-state index contributed by atoms with van der Waals surface area (Å²) in [6, 6.07) is 3.72. The lowest BCUT2D eigenvalue weighted by Gasteiger charge is -2.08. The molecular weight excluding hydrogens is 300 g/mol. The van der Waals surface area contributed by atoms with Gasteiger partial charge in [-0.3, -0.25) is 0 Å². The first kappa shape index (κ1) is 13.7. The average molecular weight is 314 g/mol. The monoisotopic (exact) mass is 314 g/mol. The summed E-state index contributed by atoms with van der Waals surface area (Å²) in [6.45, 7) is 0.642. The van der Waals surface area contributed by atoms with Gasteiger partial charge < -0.3 is 9.15 Å². The molecule has 1 saturated heterocycles. The zero-order chi connectivity index (χ0) is 14.0. The van der Waals surface area contributed by atoms with Crippen LogP contribution in [-0.2, 0) is 20.3 Å². The molecular formula is C12H14N2O4S2. The standard InChI is InChI=1S/C12H14N2O4S2/c15-20(16,7-9-3-1-5-17-9)8-11-13-14-12(18-11)10-4-2-6-19-10/h2,4,6,9H,1,3,5,7-8H2. The van der Waals surface area contributed by atoms with Crippen molar-refractivity contribution in [3.8, 4) is 10.8 Å². The van der Waals surface area contributed by atoms with Gasteiger partial charge in [0.15, 0.2) is 9.84 Å². The van der Waals surface area contributed by atoms with Crippen molar-refractivity contribution < 1.29 is 17.6 Å². The quantitative estimate of drug-likeness (QED) is 0.838. The normalized spacial score (nSPS) is 19.5. The smallest absolute Gasteiger partial charge is 0.257 e. The van der Waals surface area contributed by atoms with Crippen LogP contribution in [0.25, 0.3) is 10.8 Å². The van der Waals surface area contributed by atoms with Crippen LogP contribution in [0.3, 0.4) is 0 Å². The van der Waals surface area contributed by atoms with Crippen LogP contribution in [-0.4, -0.2) is 37.1 Å². The number of rotatable bonds is 5. The van der Waals surface area contributed by atoms with E-state index < -0.39 is 9.84 Å². The zero-order valence-electron chi connectivity index (χ0n) is 10.7. The molecule has 0 spiro atoms. The maximum atomic E-state index is 12.0. The summed E-state index contributed by atoms with van der Waals surface area (Å²) in [5.41, 5.74) is 0. The summed E-state index contributed by atoms with van der Waals surface area (Å²) in [7, 11) is -3.29. The van der Waals surface area contributed by atoms with E-state index in [1.54, 1.807) is 0 Å². The van der Waals surface area contributed by atoms with Crippen molar-refractivity contribution in [3.63, 3.8) is 0 Å². The third-order valence-electron chi connectivity index (χ3n) is 3.01. The molecule has 2 aromatic heterocycles. The van der Waals surface area contributed by atoms with Crippen LogP contribution in [0.4, 0.5) is 0 Å². The van der Waals surface area contributed by atoms with E-state index in [0.717, 1.165) is 17.7 Å². The van der Waals surface area contributed by atoms with Crippen molar-refractivity contribution in [2.24, 2.45) is 0 Å². The van der Waals surface area contributed by atoms with Gasteiger partial charge in [-0.25, -0.2) is 8.42 Å². The molecule has 108 valence electrons. The van der Waals surface area contributed by atoms with E-state index >= 15 is 0 Å². The Hall–Kier alpha value is -1.25. The van der Waals surface area contributed by atoms with Gasteiger partial charge in [0.25, 0.3) is 5.89 Å². The lowest BCUT2D eigenvalue weighted by molar-refractivity contribution is 0.127. The van der Waals surface area contributed by atoms with E-state index in [1.165, 1.54) is 11.3 Å². The summed E-state index contributed by atoms with van der Waals surface area (Å²) < 4.78 is 34.8. The molecule has 0 amide bonds. The molecule has 1 aliphatic rings. The third kappa shape index (κ3) is 3.25. The van der Waals surface area contributed by atoms with Crippen LogP contribution < -0.4 is 0 Å². The third-order valence-corrected chi connectivity index (χ3v) is 5.43. The highest BCUT2D eigenvalue weighted by atomic mass is 32.2. The second kappa shape index (κ2) is 5.63. The van der Waals surface area contributed by atoms with Gasteiger partial charge in [-0.05, 0) is 24.3 Å². The Morgan fingerprint density at radius 3 is 3.00 bits per heavy atom. The molecule has 0 aromatic carbocycles. The highest BCUT2D eigenvalue weighted by Crippen LogP contribution is 2.24. The van der Waals surface area contributed by atoms with Gasteiger partial charge in [0.1, 0.15) is 5.75 Å². The number of thiophene rings is 1. The second-order valence-corrected chi connectivity index (χ2v) is 7.72. The maximum Gasteiger partial charge on any atom is 0.257 e. The number of aromatic nitrogens is 2.